The van der Waals surface area contributed by atoms with Gasteiger partial charge in [-0.1, -0.05) is 50.2 Å². The predicted octanol–water partition coefficient (Wildman–Crippen LogP) is 4.61. The van der Waals surface area contributed by atoms with Crippen molar-refractivity contribution < 1.29 is 9.59 Å². The Balaban J connectivity index is 1.39. The van der Waals surface area contributed by atoms with Crippen molar-refractivity contribution in [2.75, 3.05) is 31.5 Å². The molecule has 8 heteroatoms. The summed E-state index contributed by atoms with van der Waals surface area (Å²) in [5.74, 6) is 1.33. The van der Waals surface area contributed by atoms with Gasteiger partial charge in [-0.2, -0.15) is 0 Å². The van der Waals surface area contributed by atoms with Crippen LogP contribution in [0.15, 0.2) is 54.7 Å². The largest absolute Gasteiger partial charge is 0.367 e. The zero-order chi connectivity index (χ0) is 24.4. The Morgan fingerprint density at radius 3 is 2.69 bits per heavy atom. The third-order valence-corrected chi connectivity index (χ3v) is 6.29. The third kappa shape index (κ3) is 4.69. The predicted molar refractivity (Wildman–Crippen MR) is 138 cm³/mol. The van der Waals surface area contributed by atoms with E-state index in [1.807, 2.05) is 54.7 Å². The van der Waals surface area contributed by atoms with Crippen LogP contribution < -0.4 is 10.6 Å². The van der Waals surface area contributed by atoms with E-state index in [2.05, 4.69) is 28.9 Å². The van der Waals surface area contributed by atoms with Gasteiger partial charge < -0.3 is 15.5 Å². The summed E-state index contributed by atoms with van der Waals surface area (Å²) in [6, 6.07) is 15.7. The minimum absolute atomic E-state index is 0.0416. The molecule has 1 aliphatic heterocycles. The molecule has 0 saturated carbocycles. The Morgan fingerprint density at radius 2 is 1.94 bits per heavy atom. The maximum absolute atomic E-state index is 12.7. The molecule has 0 radical (unpaired) electrons. The Kier molecular flexibility index (Phi) is 6.35. The minimum atomic E-state index is -0.0416. The van der Waals surface area contributed by atoms with E-state index in [9.17, 15) is 9.59 Å². The van der Waals surface area contributed by atoms with Gasteiger partial charge in [0.25, 0.3) is 0 Å². The number of carbonyl (C=O) groups excluding carboxylic acids is 2. The summed E-state index contributed by atoms with van der Waals surface area (Å²) in [7, 11) is 0. The van der Waals surface area contributed by atoms with Crippen LogP contribution in [0.25, 0.3) is 27.9 Å². The van der Waals surface area contributed by atoms with Gasteiger partial charge >= 0.3 is 6.03 Å². The van der Waals surface area contributed by atoms with Gasteiger partial charge in [0.05, 0.1) is 22.9 Å². The molecule has 180 valence electrons. The fourth-order valence-corrected chi connectivity index (χ4v) is 4.43. The van der Waals surface area contributed by atoms with E-state index in [4.69, 9.17) is 9.97 Å². The molecule has 0 bridgehead atoms. The van der Waals surface area contributed by atoms with Crippen LogP contribution in [-0.2, 0) is 0 Å². The Labute approximate surface area is 204 Å². The van der Waals surface area contributed by atoms with Crippen molar-refractivity contribution in [3.8, 4) is 11.3 Å². The number of hydrogen-bond donors (Lipinski definition) is 2. The van der Waals surface area contributed by atoms with Gasteiger partial charge in [0.15, 0.2) is 17.2 Å². The number of rotatable bonds is 9. The van der Waals surface area contributed by atoms with Gasteiger partial charge in [-0.05, 0) is 24.5 Å². The average molecular weight is 471 g/mol. The van der Waals surface area contributed by atoms with Crippen LogP contribution in [0, 0.1) is 5.92 Å². The summed E-state index contributed by atoms with van der Waals surface area (Å²) < 4.78 is 2.13. The first kappa shape index (κ1) is 22.8. The molecule has 0 unspecified atom stereocenters. The molecule has 1 saturated heterocycles. The second-order valence-electron chi connectivity index (χ2n) is 9.35. The number of aromatic nitrogens is 3. The van der Waals surface area contributed by atoms with E-state index in [0.29, 0.717) is 44.0 Å². The lowest BCUT2D eigenvalue weighted by molar-refractivity contribution is 0.0976. The SMILES string of the molecule is CC(C)CNc1nc2ccccc2n2c(-c3ccc(C(=O)CCCN4CCNC4=O)cc3)cnc12. The summed E-state index contributed by atoms with van der Waals surface area (Å²) >= 11 is 0. The lowest BCUT2D eigenvalue weighted by Crippen LogP contribution is -2.29. The summed E-state index contributed by atoms with van der Waals surface area (Å²) in [5.41, 5.74) is 5.27. The van der Waals surface area contributed by atoms with Gasteiger partial charge in [-0.15, -0.1) is 0 Å². The number of imidazole rings is 1. The zero-order valence-corrected chi connectivity index (χ0v) is 20.1. The minimum Gasteiger partial charge on any atom is -0.367 e. The number of ketones is 1. The van der Waals surface area contributed by atoms with Crippen molar-refractivity contribution in [1.29, 1.82) is 0 Å². The van der Waals surface area contributed by atoms with Crippen molar-refractivity contribution in [1.82, 2.24) is 24.6 Å². The van der Waals surface area contributed by atoms with Crippen LogP contribution in [0.1, 0.15) is 37.0 Å². The highest BCUT2D eigenvalue weighted by Crippen LogP contribution is 2.29. The number of amides is 2. The molecule has 2 aromatic carbocycles. The fourth-order valence-electron chi connectivity index (χ4n) is 4.43. The fraction of sp³-hybridized carbons (Fsp3) is 0.333. The second-order valence-corrected chi connectivity index (χ2v) is 9.35. The van der Waals surface area contributed by atoms with Gasteiger partial charge in [0.1, 0.15) is 0 Å². The maximum atomic E-state index is 12.7. The normalized spacial score (nSPS) is 13.7. The average Bonchev–Trinajstić information content (AvgIpc) is 3.49. The molecule has 0 aliphatic carbocycles. The molecule has 2 amide bonds. The number of hydrogen-bond acceptors (Lipinski definition) is 5. The molecular weight excluding hydrogens is 440 g/mol. The molecule has 1 fully saturated rings. The Hall–Kier alpha value is -3.94. The van der Waals surface area contributed by atoms with Crippen LogP contribution in [0.2, 0.25) is 0 Å². The van der Waals surface area contributed by atoms with Gasteiger partial charge in [0, 0.05) is 43.7 Å². The molecule has 2 aromatic heterocycles. The van der Waals surface area contributed by atoms with E-state index < -0.39 is 0 Å². The smallest absolute Gasteiger partial charge is 0.317 e. The number of fused-ring (bicyclic) bond motifs is 3. The van der Waals surface area contributed by atoms with Crippen molar-refractivity contribution in [3.05, 3.63) is 60.3 Å². The number of para-hydroxylation sites is 2. The van der Waals surface area contributed by atoms with E-state index >= 15 is 0 Å². The summed E-state index contributed by atoms with van der Waals surface area (Å²) in [5, 5.41) is 6.23. The van der Waals surface area contributed by atoms with Gasteiger partial charge in [0.2, 0.25) is 0 Å². The maximum Gasteiger partial charge on any atom is 0.317 e. The van der Waals surface area contributed by atoms with Crippen molar-refractivity contribution in [2.24, 2.45) is 5.92 Å². The number of nitrogens with one attached hydrogen (secondary N) is 2. The molecule has 4 aromatic rings. The molecule has 2 N–H and O–H groups in total. The zero-order valence-electron chi connectivity index (χ0n) is 20.1. The topological polar surface area (TPSA) is 91.6 Å². The van der Waals surface area contributed by atoms with Crippen LogP contribution in [-0.4, -0.2) is 57.3 Å². The molecule has 3 heterocycles. The third-order valence-electron chi connectivity index (χ3n) is 6.29. The highest BCUT2D eigenvalue weighted by Gasteiger charge is 2.19. The van der Waals surface area contributed by atoms with E-state index in [-0.39, 0.29) is 11.8 Å². The number of benzene rings is 2. The molecule has 0 spiro atoms. The van der Waals surface area contributed by atoms with Gasteiger partial charge in [-0.3, -0.25) is 9.20 Å². The summed E-state index contributed by atoms with van der Waals surface area (Å²) in [6.07, 6.45) is 2.94. The first-order valence-electron chi connectivity index (χ1n) is 12.2. The van der Waals surface area contributed by atoms with Crippen LogP contribution in [0.5, 0.6) is 0 Å². The number of carbonyl (C=O) groups is 2. The number of Topliss-reactive ketones (excluding diaryl/α,β-unsaturated/α-hetero) is 1. The summed E-state index contributed by atoms with van der Waals surface area (Å²) in [6.45, 7) is 7.12. The number of anilines is 1. The van der Waals surface area contributed by atoms with E-state index in [0.717, 1.165) is 40.3 Å². The van der Waals surface area contributed by atoms with Crippen LogP contribution in [0.4, 0.5) is 10.6 Å². The van der Waals surface area contributed by atoms with Crippen molar-refractivity contribution in [3.63, 3.8) is 0 Å². The molecule has 5 rings (SSSR count). The Morgan fingerprint density at radius 1 is 1.14 bits per heavy atom. The lowest BCUT2D eigenvalue weighted by Gasteiger charge is -2.13. The summed E-state index contributed by atoms with van der Waals surface area (Å²) in [4.78, 5) is 35.6. The first-order valence-corrected chi connectivity index (χ1v) is 12.2. The van der Waals surface area contributed by atoms with Gasteiger partial charge in [-0.25, -0.2) is 14.8 Å². The number of nitrogens with zero attached hydrogens (tertiary/aromatic N) is 4. The molecule has 35 heavy (non-hydrogen) atoms. The first-order chi connectivity index (χ1) is 17.0. The number of urea groups is 1. The second kappa shape index (κ2) is 9.74. The molecule has 1 aliphatic rings. The van der Waals surface area contributed by atoms with E-state index in [1.54, 1.807) is 4.90 Å². The molecule has 8 nitrogen and oxygen atoms in total. The lowest BCUT2D eigenvalue weighted by atomic mass is 10.0. The highest BCUT2D eigenvalue weighted by atomic mass is 16.2. The monoisotopic (exact) mass is 470 g/mol. The van der Waals surface area contributed by atoms with Crippen LogP contribution in [0.3, 0.4) is 0 Å². The standard InChI is InChI=1S/C27H30N6O2/c1-18(2)16-29-25-26-30-17-23(33(26)22-7-4-3-6-21(22)31-25)19-9-11-20(12-10-19)24(34)8-5-14-32-15-13-28-27(32)35/h3-4,6-7,9-12,17-18H,5,8,13-16H2,1-2H3,(H,28,35)(H,29,31). The van der Waals surface area contributed by atoms with E-state index in [1.165, 1.54) is 0 Å². The molecule has 0 atom stereocenters. The van der Waals surface area contributed by atoms with Crippen molar-refractivity contribution in [2.45, 2.75) is 26.7 Å². The quantitative estimate of drug-likeness (QED) is 0.349. The van der Waals surface area contributed by atoms with Crippen LogP contribution >= 0.6 is 0 Å². The Bertz CT molecular complexity index is 1380. The highest BCUT2D eigenvalue weighted by molar-refractivity contribution is 5.96. The molecular formula is C27H30N6O2. The van der Waals surface area contributed by atoms with Crippen molar-refractivity contribution >= 4 is 34.3 Å².